The highest BCUT2D eigenvalue weighted by Crippen LogP contribution is 2.22. The first-order valence-corrected chi connectivity index (χ1v) is 3.11. The summed E-state index contributed by atoms with van der Waals surface area (Å²) in [6, 6.07) is 1.39. The van der Waals surface area contributed by atoms with Gasteiger partial charge in [-0.05, 0) is 11.2 Å². The Hall–Kier alpha value is -1.36. The van der Waals surface area contributed by atoms with E-state index in [0.29, 0.717) is 6.07 Å². The topological polar surface area (TPSA) is 49.7 Å². The number of halogens is 2. The maximum Gasteiger partial charge on any atom is 0.161 e. The molecule has 1 aromatic rings. The molecule has 0 atom stereocenters. The smallest absolute Gasteiger partial charge is 0.161 e. The van der Waals surface area contributed by atoms with Crippen molar-refractivity contribution in [3.8, 4) is 0 Å². The van der Waals surface area contributed by atoms with Crippen molar-refractivity contribution in [1.29, 1.82) is 0 Å². The molecule has 0 saturated carbocycles. The van der Waals surface area contributed by atoms with Gasteiger partial charge in [0.05, 0.1) is 6.61 Å². The van der Waals surface area contributed by atoms with Crippen molar-refractivity contribution in [3.05, 3.63) is 34.2 Å². The Morgan fingerprint density at radius 2 is 1.92 bits per heavy atom. The molecule has 1 aromatic carbocycles. The maximum atomic E-state index is 12.5. The van der Waals surface area contributed by atoms with Gasteiger partial charge in [0.25, 0.3) is 0 Å². The van der Waals surface area contributed by atoms with Gasteiger partial charge >= 0.3 is 0 Å². The average Bonchev–Trinajstić information content (AvgIpc) is 2.09. The summed E-state index contributed by atoms with van der Waals surface area (Å²) < 4.78 is 24.9. The van der Waals surface area contributed by atoms with Crippen LogP contribution in [0.5, 0.6) is 0 Å². The summed E-state index contributed by atoms with van der Waals surface area (Å²) in [5.74, 6) is -2.26. The Kier molecular flexibility index (Phi) is 2.44. The van der Waals surface area contributed by atoms with Crippen LogP contribution in [0.15, 0.2) is 17.3 Å². The van der Waals surface area contributed by atoms with Gasteiger partial charge in [-0.15, -0.1) is 4.91 Å². The molecule has 3 nitrogen and oxygen atoms in total. The van der Waals surface area contributed by atoms with Gasteiger partial charge in [0.1, 0.15) is 5.69 Å². The molecule has 0 saturated heterocycles. The summed E-state index contributed by atoms with van der Waals surface area (Å²) in [7, 11) is 0. The van der Waals surface area contributed by atoms with E-state index < -0.39 is 18.2 Å². The van der Waals surface area contributed by atoms with E-state index >= 15 is 0 Å². The van der Waals surface area contributed by atoms with Gasteiger partial charge < -0.3 is 5.11 Å². The summed E-state index contributed by atoms with van der Waals surface area (Å²) in [4.78, 5) is 10.00. The Balaban J connectivity index is 3.28. The van der Waals surface area contributed by atoms with Crippen LogP contribution in [0.4, 0.5) is 14.5 Å². The van der Waals surface area contributed by atoms with E-state index in [1.807, 2.05) is 0 Å². The van der Waals surface area contributed by atoms with E-state index in [9.17, 15) is 13.7 Å². The average molecular weight is 173 g/mol. The Morgan fingerprint density at radius 1 is 1.33 bits per heavy atom. The zero-order chi connectivity index (χ0) is 9.14. The third-order valence-electron chi connectivity index (χ3n) is 1.39. The van der Waals surface area contributed by atoms with Crippen molar-refractivity contribution in [1.82, 2.24) is 0 Å². The van der Waals surface area contributed by atoms with Crippen LogP contribution < -0.4 is 0 Å². The van der Waals surface area contributed by atoms with Gasteiger partial charge in [-0.3, -0.25) is 0 Å². The van der Waals surface area contributed by atoms with Crippen molar-refractivity contribution in [2.45, 2.75) is 6.61 Å². The molecule has 0 aliphatic carbocycles. The lowest BCUT2D eigenvalue weighted by Gasteiger charge is -1.99. The van der Waals surface area contributed by atoms with Crippen LogP contribution in [0.2, 0.25) is 0 Å². The van der Waals surface area contributed by atoms with E-state index in [0.717, 1.165) is 6.07 Å². The fourth-order valence-corrected chi connectivity index (χ4v) is 0.789. The molecule has 0 aliphatic heterocycles. The number of rotatable bonds is 2. The SMILES string of the molecule is O=Nc1cc(F)c(F)cc1CO. The van der Waals surface area contributed by atoms with Crippen molar-refractivity contribution >= 4 is 5.69 Å². The van der Waals surface area contributed by atoms with Gasteiger partial charge in [0.2, 0.25) is 0 Å². The van der Waals surface area contributed by atoms with Crippen LogP contribution in [0, 0.1) is 16.5 Å². The van der Waals surface area contributed by atoms with Gasteiger partial charge in [-0.25, -0.2) is 8.78 Å². The molecule has 0 aliphatic rings. The molecular formula is C7H5F2NO2. The van der Waals surface area contributed by atoms with Crippen LogP contribution in [-0.2, 0) is 6.61 Å². The minimum Gasteiger partial charge on any atom is -0.392 e. The molecule has 0 amide bonds. The van der Waals surface area contributed by atoms with Crippen molar-refractivity contribution in [2.24, 2.45) is 5.18 Å². The predicted molar refractivity (Wildman–Crippen MR) is 37.7 cm³/mol. The first kappa shape index (κ1) is 8.73. The van der Waals surface area contributed by atoms with Gasteiger partial charge in [-0.2, -0.15) is 0 Å². The van der Waals surface area contributed by atoms with E-state index in [1.54, 1.807) is 0 Å². The lowest BCUT2D eigenvalue weighted by molar-refractivity contribution is 0.281. The van der Waals surface area contributed by atoms with Gasteiger partial charge in [0.15, 0.2) is 11.6 Å². The fraction of sp³-hybridized carbons (Fsp3) is 0.143. The predicted octanol–water partition coefficient (Wildman–Crippen LogP) is 1.85. The normalized spacial score (nSPS) is 9.92. The van der Waals surface area contributed by atoms with Gasteiger partial charge in [-0.1, -0.05) is 0 Å². The third kappa shape index (κ3) is 1.45. The molecule has 0 bridgehead atoms. The maximum absolute atomic E-state index is 12.5. The highest BCUT2D eigenvalue weighted by Gasteiger charge is 2.08. The molecule has 0 unspecified atom stereocenters. The number of benzene rings is 1. The monoisotopic (exact) mass is 173 g/mol. The van der Waals surface area contributed by atoms with Crippen molar-refractivity contribution in [2.75, 3.05) is 0 Å². The first-order valence-electron chi connectivity index (χ1n) is 3.11. The largest absolute Gasteiger partial charge is 0.392 e. The molecule has 0 heterocycles. The van der Waals surface area contributed by atoms with E-state index in [-0.39, 0.29) is 11.3 Å². The van der Waals surface area contributed by atoms with Crippen LogP contribution in [-0.4, -0.2) is 5.11 Å². The molecule has 64 valence electrons. The molecule has 0 radical (unpaired) electrons. The molecule has 12 heavy (non-hydrogen) atoms. The quantitative estimate of drug-likeness (QED) is 0.694. The van der Waals surface area contributed by atoms with Crippen LogP contribution in [0.3, 0.4) is 0 Å². The standard InChI is InChI=1S/C7H5F2NO2/c8-5-1-4(3-11)7(10-12)2-6(5)9/h1-2,11H,3H2. The van der Waals surface area contributed by atoms with E-state index in [1.165, 1.54) is 0 Å². The summed E-state index contributed by atoms with van der Waals surface area (Å²) in [5.41, 5.74) is -0.305. The second kappa shape index (κ2) is 3.36. The molecular weight excluding hydrogens is 168 g/mol. The first-order chi connectivity index (χ1) is 5.69. The fourth-order valence-electron chi connectivity index (χ4n) is 0.789. The van der Waals surface area contributed by atoms with Crippen LogP contribution >= 0.6 is 0 Å². The summed E-state index contributed by atoms with van der Waals surface area (Å²) >= 11 is 0. The molecule has 1 rings (SSSR count). The lowest BCUT2D eigenvalue weighted by atomic mass is 10.2. The molecule has 1 N–H and O–H groups in total. The summed E-state index contributed by atoms with van der Waals surface area (Å²) in [6.07, 6.45) is 0. The highest BCUT2D eigenvalue weighted by molar-refractivity contribution is 5.45. The molecule has 5 heteroatoms. The Bertz CT molecular complexity index is 315. The van der Waals surface area contributed by atoms with E-state index in [2.05, 4.69) is 5.18 Å². The summed E-state index contributed by atoms with van der Waals surface area (Å²) in [6.45, 7) is -0.543. The lowest BCUT2D eigenvalue weighted by Crippen LogP contribution is -1.90. The van der Waals surface area contributed by atoms with Gasteiger partial charge in [0, 0.05) is 11.6 Å². The minimum atomic E-state index is -1.15. The van der Waals surface area contributed by atoms with Crippen molar-refractivity contribution < 1.29 is 13.9 Å². The second-order valence-electron chi connectivity index (χ2n) is 2.14. The number of aliphatic hydroxyl groups excluding tert-OH is 1. The third-order valence-corrected chi connectivity index (χ3v) is 1.39. The molecule has 0 aromatic heterocycles. The number of hydrogen-bond acceptors (Lipinski definition) is 3. The summed E-state index contributed by atoms with van der Waals surface area (Å²) in [5, 5.41) is 11.0. The van der Waals surface area contributed by atoms with Crippen molar-refractivity contribution in [3.63, 3.8) is 0 Å². The second-order valence-corrected chi connectivity index (χ2v) is 2.14. The number of aliphatic hydroxyl groups is 1. The Labute approximate surface area is 66.6 Å². The molecule has 0 fully saturated rings. The number of hydrogen-bond donors (Lipinski definition) is 1. The number of nitroso groups, excluding NO2 is 1. The Morgan fingerprint density at radius 3 is 2.42 bits per heavy atom. The van der Waals surface area contributed by atoms with E-state index in [4.69, 9.17) is 5.11 Å². The number of nitrogens with zero attached hydrogens (tertiary/aromatic N) is 1. The zero-order valence-corrected chi connectivity index (χ0v) is 5.92. The highest BCUT2D eigenvalue weighted by atomic mass is 19.2. The molecule has 0 spiro atoms. The van der Waals surface area contributed by atoms with Crippen LogP contribution in [0.1, 0.15) is 5.56 Å². The van der Waals surface area contributed by atoms with Crippen LogP contribution in [0.25, 0.3) is 0 Å². The zero-order valence-electron chi connectivity index (χ0n) is 5.92. The minimum absolute atomic E-state index is 0.0242.